The van der Waals surface area contributed by atoms with Crippen LogP contribution in [0.25, 0.3) is 0 Å². The number of nitrogens with one attached hydrogen (secondary N) is 1. The number of likely N-dealkylation sites (tertiary alicyclic amines) is 1. The highest BCUT2D eigenvalue weighted by atomic mass is 32.2. The largest absolute Gasteiger partial charge is 0.357 e. The van der Waals surface area contributed by atoms with Crippen LogP contribution in [0.1, 0.15) is 33.6 Å². The maximum atomic E-state index is 12.1. The van der Waals surface area contributed by atoms with Crippen molar-refractivity contribution in [3.63, 3.8) is 0 Å². The average molecular weight is 304 g/mol. The lowest BCUT2D eigenvalue weighted by molar-refractivity contribution is 0.445. The molecule has 1 N–H and O–H groups in total. The molecule has 1 saturated heterocycles. The summed E-state index contributed by atoms with van der Waals surface area (Å²) in [7, 11) is -3.18. The van der Waals surface area contributed by atoms with Crippen LogP contribution in [0.2, 0.25) is 0 Å². The summed E-state index contributed by atoms with van der Waals surface area (Å²) in [4.78, 5) is 6.66. The highest BCUT2D eigenvalue weighted by Gasteiger charge is 2.19. The maximum absolute atomic E-state index is 12.1. The van der Waals surface area contributed by atoms with E-state index in [1.165, 1.54) is 17.1 Å². The average Bonchev–Trinajstić information content (AvgIpc) is 2.92. The highest BCUT2D eigenvalue weighted by molar-refractivity contribution is 7.89. The standard InChI is InChI=1S/C13H28N4O2S/c1-4-14-13(16-10-7-8-11-16)15-9-12-20(18,19)17(5-2)6-3/h4-12H2,1-3H3,(H,14,15). The van der Waals surface area contributed by atoms with E-state index >= 15 is 0 Å². The molecule has 0 atom stereocenters. The van der Waals surface area contributed by atoms with E-state index in [9.17, 15) is 8.42 Å². The third kappa shape index (κ3) is 4.94. The molecular formula is C13H28N4O2S. The van der Waals surface area contributed by atoms with Crippen molar-refractivity contribution in [2.45, 2.75) is 33.6 Å². The Bertz CT molecular complexity index is 399. The molecule has 0 unspecified atom stereocenters. The number of hydrogen-bond acceptors (Lipinski definition) is 3. The van der Waals surface area contributed by atoms with Gasteiger partial charge in [-0.3, -0.25) is 4.99 Å². The molecule has 1 rings (SSSR count). The predicted octanol–water partition coefficient (Wildman–Crippen LogP) is 0.719. The number of guanidine groups is 1. The van der Waals surface area contributed by atoms with Gasteiger partial charge in [-0.05, 0) is 19.8 Å². The molecule has 0 aromatic rings. The monoisotopic (exact) mass is 304 g/mol. The number of aliphatic imine (C=N–C) groups is 1. The zero-order valence-electron chi connectivity index (χ0n) is 12.9. The molecule has 0 saturated carbocycles. The zero-order valence-corrected chi connectivity index (χ0v) is 13.7. The minimum Gasteiger partial charge on any atom is -0.357 e. The van der Waals surface area contributed by atoms with Crippen molar-refractivity contribution in [2.75, 3.05) is 45.0 Å². The normalized spacial score (nSPS) is 17.0. The molecule has 7 heteroatoms. The maximum Gasteiger partial charge on any atom is 0.215 e. The van der Waals surface area contributed by atoms with E-state index in [1.54, 1.807) is 0 Å². The van der Waals surface area contributed by atoms with Gasteiger partial charge >= 0.3 is 0 Å². The summed E-state index contributed by atoms with van der Waals surface area (Å²) >= 11 is 0. The molecule has 0 radical (unpaired) electrons. The van der Waals surface area contributed by atoms with Gasteiger partial charge in [0.15, 0.2) is 5.96 Å². The van der Waals surface area contributed by atoms with Gasteiger partial charge in [0.25, 0.3) is 0 Å². The summed E-state index contributed by atoms with van der Waals surface area (Å²) in [5, 5.41) is 3.24. The quantitative estimate of drug-likeness (QED) is 0.556. The summed E-state index contributed by atoms with van der Waals surface area (Å²) < 4.78 is 25.6. The molecule has 1 aliphatic heterocycles. The predicted molar refractivity (Wildman–Crippen MR) is 83.5 cm³/mol. The van der Waals surface area contributed by atoms with Crippen LogP contribution >= 0.6 is 0 Å². The van der Waals surface area contributed by atoms with Crippen LogP contribution in [0.15, 0.2) is 4.99 Å². The molecule has 0 aliphatic carbocycles. The summed E-state index contributed by atoms with van der Waals surface area (Å²) in [5.41, 5.74) is 0. The summed E-state index contributed by atoms with van der Waals surface area (Å²) in [6.45, 7) is 9.93. The lowest BCUT2D eigenvalue weighted by Crippen LogP contribution is -2.40. The summed E-state index contributed by atoms with van der Waals surface area (Å²) in [5.74, 6) is 0.928. The SMILES string of the molecule is CCNC(=NCCS(=O)(=O)N(CC)CC)N1CCCC1. The Morgan fingerprint density at radius 2 is 1.80 bits per heavy atom. The Balaban J connectivity index is 2.59. The molecular weight excluding hydrogens is 276 g/mol. The fourth-order valence-electron chi connectivity index (χ4n) is 2.37. The highest BCUT2D eigenvalue weighted by Crippen LogP contribution is 2.07. The Kier molecular flexibility index (Phi) is 7.29. The summed E-state index contributed by atoms with van der Waals surface area (Å²) in [6.07, 6.45) is 2.37. The number of nitrogens with zero attached hydrogens (tertiary/aromatic N) is 3. The van der Waals surface area contributed by atoms with Gasteiger partial charge in [-0.2, -0.15) is 0 Å². The van der Waals surface area contributed by atoms with Crippen LogP contribution in [-0.4, -0.2) is 68.6 Å². The van der Waals surface area contributed by atoms with Gasteiger partial charge in [-0.25, -0.2) is 12.7 Å². The molecule has 1 heterocycles. The van der Waals surface area contributed by atoms with Crippen LogP contribution in [-0.2, 0) is 10.0 Å². The van der Waals surface area contributed by atoms with Gasteiger partial charge in [0.05, 0.1) is 12.3 Å². The number of sulfonamides is 1. The third-order valence-corrected chi connectivity index (χ3v) is 5.45. The van der Waals surface area contributed by atoms with Crippen molar-refractivity contribution in [3.05, 3.63) is 0 Å². The molecule has 0 bridgehead atoms. The number of hydrogen-bond donors (Lipinski definition) is 1. The second-order valence-electron chi connectivity index (χ2n) is 4.83. The van der Waals surface area contributed by atoms with Gasteiger partial charge in [-0.15, -0.1) is 0 Å². The first kappa shape index (κ1) is 17.2. The smallest absolute Gasteiger partial charge is 0.215 e. The van der Waals surface area contributed by atoms with E-state index in [0.717, 1.165) is 25.6 Å². The Morgan fingerprint density at radius 1 is 1.20 bits per heavy atom. The Hall–Kier alpha value is -0.820. The minimum atomic E-state index is -3.18. The molecule has 0 amide bonds. The van der Waals surface area contributed by atoms with Gasteiger partial charge in [0.1, 0.15) is 0 Å². The second kappa shape index (κ2) is 8.46. The van der Waals surface area contributed by atoms with E-state index in [0.29, 0.717) is 19.6 Å². The fourth-order valence-corrected chi connectivity index (χ4v) is 3.73. The van der Waals surface area contributed by atoms with Crippen molar-refractivity contribution in [1.82, 2.24) is 14.5 Å². The van der Waals surface area contributed by atoms with Crippen LogP contribution in [0, 0.1) is 0 Å². The molecule has 1 aliphatic rings. The second-order valence-corrected chi connectivity index (χ2v) is 6.92. The first-order valence-corrected chi connectivity index (χ1v) is 9.17. The first-order chi connectivity index (χ1) is 9.55. The lowest BCUT2D eigenvalue weighted by Gasteiger charge is -2.21. The topological polar surface area (TPSA) is 65.0 Å². The molecule has 0 aromatic heterocycles. The molecule has 1 fully saturated rings. The van der Waals surface area contributed by atoms with E-state index in [4.69, 9.17) is 0 Å². The van der Waals surface area contributed by atoms with Crippen LogP contribution < -0.4 is 5.32 Å². The van der Waals surface area contributed by atoms with Gasteiger partial charge in [0, 0.05) is 32.7 Å². The molecule has 0 aromatic carbocycles. The number of rotatable bonds is 7. The van der Waals surface area contributed by atoms with E-state index in [-0.39, 0.29) is 5.75 Å². The van der Waals surface area contributed by atoms with E-state index in [1.807, 2.05) is 20.8 Å². The van der Waals surface area contributed by atoms with Crippen molar-refractivity contribution in [3.8, 4) is 0 Å². The Morgan fingerprint density at radius 3 is 2.30 bits per heavy atom. The lowest BCUT2D eigenvalue weighted by atomic mass is 10.4. The first-order valence-electron chi connectivity index (χ1n) is 7.56. The van der Waals surface area contributed by atoms with E-state index < -0.39 is 10.0 Å². The minimum absolute atomic E-state index is 0.0808. The van der Waals surface area contributed by atoms with Crippen molar-refractivity contribution in [2.24, 2.45) is 4.99 Å². The van der Waals surface area contributed by atoms with Crippen LogP contribution in [0.5, 0.6) is 0 Å². The van der Waals surface area contributed by atoms with Gasteiger partial charge in [0.2, 0.25) is 10.0 Å². The zero-order chi connectivity index (χ0) is 15.0. The fraction of sp³-hybridized carbons (Fsp3) is 0.923. The molecule has 20 heavy (non-hydrogen) atoms. The van der Waals surface area contributed by atoms with Gasteiger partial charge in [-0.1, -0.05) is 13.8 Å². The van der Waals surface area contributed by atoms with Crippen molar-refractivity contribution < 1.29 is 8.42 Å². The molecule has 118 valence electrons. The van der Waals surface area contributed by atoms with Gasteiger partial charge < -0.3 is 10.2 Å². The van der Waals surface area contributed by atoms with Crippen LogP contribution in [0.3, 0.4) is 0 Å². The summed E-state index contributed by atoms with van der Waals surface area (Å²) in [6, 6.07) is 0. The van der Waals surface area contributed by atoms with Crippen molar-refractivity contribution in [1.29, 1.82) is 0 Å². The van der Waals surface area contributed by atoms with Crippen LogP contribution in [0.4, 0.5) is 0 Å². The Labute approximate surface area is 123 Å². The van der Waals surface area contributed by atoms with Crippen molar-refractivity contribution >= 4 is 16.0 Å². The molecule has 0 spiro atoms. The third-order valence-electron chi connectivity index (χ3n) is 3.45. The molecule has 6 nitrogen and oxygen atoms in total. The van der Waals surface area contributed by atoms with E-state index in [2.05, 4.69) is 15.2 Å².